The zero-order valence-electron chi connectivity index (χ0n) is 12.1. The van der Waals surface area contributed by atoms with E-state index >= 15 is 0 Å². The Bertz CT molecular complexity index is 456. The first-order valence-electron chi connectivity index (χ1n) is 6.95. The number of hydrogen-bond acceptors (Lipinski definition) is 4. The van der Waals surface area contributed by atoms with Gasteiger partial charge in [-0.05, 0) is 44.0 Å². The fraction of sp³-hybridized carbons (Fsp3) is 0.533. The molecule has 0 atom stereocenters. The molecule has 2 rings (SSSR count). The Morgan fingerprint density at radius 2 is 2.05 bits per heavy atom. The molecular weight excluding hydrogens is 256 g/mol. The van der Waals surface area contributed by atoms with Crippen LogP contribution in [-0.4, -0.2) is 33.2 Å². The zero-order valence-corrected chi connectivity index (χ0v) is 12.1. The number of benzene rings is 1. The molecule has 0 aromatic heterocycles. The van der Waals surface area contributed by atoms with Crippen LogP contribution < -0.4 is 20.1 Å². The van der Waals surface area contributed by atoms with E-state index in [0.29, 0.717) is 29.5 Å². The minimum Gasteiger partial charge on any atom is -0.497 e. The van der Waals surface area contributed by atoms with E-state index in [1.54, 1.807) is 32.4 Å². The zero-order chi connectivity index (χ0) is 14.4. The summed E-state index contributed by atoms with van der Waals surface area (Å²) in [6, 6.07) is 5.37. The number of carbonyl (C=O) groups excluding carboxylic acids is 1. The van der Waals surface area contributed by atoms with Crippen LogP contribution >= 0.6 is 0 Å². The van der Waals surface area contributed by atoms with Crippen molar-refractivity contribution in [2.24, 2.45) is 5.92 Å². The van der Waals surface area contributed by atoms with Gasteiger partial charge < -0.3 is 20.1 Å². The average Bonchev–Trinajstić information content (AvgIpc) is 2.48. The van der Waals surface area contributed by atoms with E-state index in [4.69, 9.17) is 9.47 Å². The van der Waals surface area contributed by atoms with Gasteiger partial charge in [-0.1, -0.05) is 0 Å². The van der Waals surface area contributed by atoms with Gasteiger partial charge in [-0.2, -0.15) is 0 Å². The fourth-order valence-electron chi connectivity index (χ4n) is 2.46. The Kier molecular flexibility index (Phi) is 5.24. The Morgan fingerprint density at radius 3 is 2.70 bits per heavy atom. The average molecular weight is 278 g/mol. The summed E-state index contributed by atoms with van der Waals surface area (Å²) in [4.78, 5) is 12.1. The predicted octanol–water partition coefficient (Wildman–Crippen LogP) is 2.03. The second-order valence-corrected chi connectivity index (χ2v) is 5.01. The molecule has 0 bridgehead atoms. The lowest BCUT2D eigenvalue weighted by molar-refractivity contribution is -0.117. The van der Waals surface area contributed by atoms with E-state index in [1.165, 1.54) is 0 Å². The van der Waals surface area contributed by atoms with Crippen molar-refractivity contribution in [2.45, 2.75) is 19.3 Å². The van der Waals surface area contributed by atoms with Crippen LogP contribution in [0.4, 0.5) is 5.69 Å². The molecule has 1 aromatic carbocycles. The van der Waals surface area contributed by atoms with Crippen LogP contribution in [0.3, 0.4) is 0 Å². The third-order valence-corrected chi connectivity index (χ3v) is 3.61. The van der Waals surface area contributed by atoms with Crippen molar-refractivity contribution in [3.8, 4) is 11.5 Å². The molecule has 1 aliphatic heterocycles. The normalized spacial score (nSPS) is 15.7. The van der Waals surface area contributed by atoms with E-state index in [9.17, 15) is 4.79 Å². The summed E-state index contributed by atoms with van der Waals surface area (Å²) in [6.45, 7) is 2.00. The van der Waals surface area contributed by atoms with Crippen molar-refractivity contribution >= 4 is 11.6 Å². The molecule has 0 unspecified atom stereocenters. The highest BCUT2D eigenvalue weighted by molar-refractivity contribution is 5.92. The second-order valence-electron chi connectivity index (χ2n) is 5.01. The number of hydrogen-bond donors (Lipinski definition) is 2. The van der Waals surface area contributed by atoms with E-state index in [-0.39, 0.29) is 5.91 Å². The Hall–Kier alpha value is -1.75. The molecule has 20 heavy (non-hydrogen) atoms. The second kappa shape index (κ2) is 7.14. The SMILES string of the molecule is COc1ccc(OC)c(NC(=O)CC2CCNCC2)c1. The van der Waals surface area contributed by atoms with Gasteiger partial charge in [0, 0.05) is 12.5 Å². The van der Waals surface area contributed by atoms with Crippen molar-refractivity contribution < 1.29 is 14.3 Å². The van der Waals surface area contributed by atoms with Crippen LogP contribution in [0.25, 0.3) is 0 Å². The Labute approximate surface area is 119 Å². The summed E-state index contributed by atoms with van der Waals surface area (Å²) in [5, 5.41) is 6.22. The molecule has 0 radical (unpaired) electrons. The molecule has 0 saturated carbocycles. The molecular formula is C15H22N2O3. The van der Waals surface area contributed by atoms with Crippen LogP contribution in [0.2, 0.25) is 0 Å². The number of nitrogens with one attached hydrogen (secondary N) is 2. The van der Waals surface area contributed by atoms with Gasteiger partial charge in [0.1, 0.15) is 11.5 Å². The predicted molar refractivity (Wildman–Crippen MR) is 78.4 cm³/mol. The van der Waals surface area contributed by atoms with Crippen LogP contribution in [0.5, 0.6) is 11.5 Å². The lowest BCUT2D eigenvalue weighted by atomic mass is 9.94. The van der Waals surface area contributed by atoms with Crippen molar-refractivity contribution in [2.75, 3.05) is 32.6 Å². The molecule has 2 N–H and O–H groups in total. The van der Waals surface area contributed by atoms with Gasteiger partial charge in [0.15, 0.2) is 0 Å². The van der Waals surface area contributed by atoms with Crippen LogP contribution in [0.1, 0.15) is 19.3 Å². The summed E-state index contributed by atoms with van der Waals surface area (Å²) < 4.78 is 10.4. The molecule has 1 saturated heterocycles. The van der Waals surface area contributed by atoms with Crippen molar-refractivity contribution in [3.63, 3.8) is 0 Å². The van der Waals surface area contributed by atoms with E-state index < -0.39 is 0 Å². The molecule has 5 nitrogen and oxygen atoms in total. The number of amides is 1. The maximum atomic E-state index is 12.1. The summed E-state index contributed by atoms with van der Waals surface area (Å²) in [6.07, 6.45) is 2.67. The Morgan fingerprint density at radius 1 is 1.30 bits per heavy atom. The first-order valence-corrected chi connectivity index (χ1v) is 6.95. The smallest absolute Gasteiger partial charge is 0.224 e. The number of rotatable bonds is 5. The van der Waals surface area contributed by atoms with Gasteiger partial charge in [0.2, 0.25) is 5.91 Å². The van der Waals surface area contributed by atoms with Gasteiger partial charge in [-0.3, -0.25) is 4.79 Å². The van der Waals surface area contributed by atoms with Crippen LogP contribution in [-0.2, 0) is 4.79 Å². The lowest BCUT2D eigenvalue weighted by Gasteiger charge is -2.22. The monoisotopic (exact) mass is 278 g/mol. The van der Waals surface area contributed by atoms with Gasteiger partial charge in [0.05, 0.1) is 19.9 Å². The maximum Gasteiger partial charge on any atom is 0.224 e. The minimum atomic E-state index is 0.0310. The molecule has 1 heterocycles. The number of methoxy groups -OCH3 is 2. The minimum absolute atomic E-state index is 0.0310. The number of anilines is 1. The number of carbonyl (C=O) groups is 1. The molecule has 5 heteroatoms. The van der Waals surface area contributed by atoms with Crippen LogP contribution in [0.15, 0.2) is 18.2 Å². The van der Waals surface area contributed by atoms with Crippen LogP contribution in [0, 0.1) is 5.92 Å². The summed E-state index contributed by atoms with van der Waals surface area (Å²) in [5.74, 6) is 1.84. The van der Waals surface area contributed by atoms with Gasteiger partial charge in [0.25, 0.3) is 0 Å². The van der Waals surface area contributed by atoms with Gasteiger partial charge in [-0.15, -0.1) is 0 Å². The highest BCUT2D eigenvalue weighted by Gasteiger charge is 2.17. The molecule has 1 aliphatic rings. The molecule has 1 fully saturated rings. The Balaban J connectivity index is 1.98. The largest absolute Gasteiger partial charge is 0.497 e. The number of piperidine rings is 1. The highest BCUT2D eigenvalue weighted by Crippen LogP contribution is 2.29. The van der Waals surface area contributed by atoms with E-state index in [0.717, 1.165) is 25.9 Å². The molecule has 0 aliphatic carbocycles. The van der Waals surface area contributed by atoms with E-state index in [2.05, 4.69) is 10.6 Å². The van der Waals surface area contributed by atoms with Gasteiger partial charge in [-0.25, -0.2) is 0 Å². The summed E-state index contributed by atoms with van der Waals surface area (Å²) in [5.41, 5.74) is 0.658. The third-order valence-electron chi connectivity index (χ3n) is 3.61. The highest BCUT2D eigenvalue weighted by atomic mass is 16.5. The molecule has 1 amide bonds. The molecule has 110 valence electrons. The van der Waals surface area contributed by atoms with Crippen molar-refractivity contribution in [1.29, 1.82) is 0 Å². The van der Waals surface area contributed by atoms with E-state index in [1.807, 2.05) is 0 Å². The maximum absolute atomic E-state index is 12.1. The van der Waals surface area contributed by atoms with Crippen molar-refractivity contribution in [3.05, 3.63) is 18.2 Å². The first kappa shape index (κ1) is 14.7. The quantitative estimate of drug-likeness (QED) is 0.865. The lowest BCUT2D eigenvalue weighted by Crippen LogP contribution is -2.30. The molecule has 0 spiro atoms. The van der Waals surface area contributed by atoms with Gasteiger partial charge >= 0.3 is 0 Å². The third kappa shape index (κ3) is 3.87. The molecule has 1 aromatic rings. The summed E-state index contributed by atoms with van der Waals surface area (Å²) in [7, 11) is 3.19. The first-order chi connectivity index (χ1) is 9.72. The number of ether oxygens (including phenoxy) is 2. The standard InChI is InChI=1S/C15H22N2O3/c1-19-12-3-4-14(20-2)13(10-12)17-15(18)9-11-5-7-16-8-6-11/h3-4,10-11,16H,5-9H2,1-2H3,(H,17,18). The topological polar surface area (TPSA) is 59.6 Å². The summed E-state index contributed by atoms with van der Waals surface area (Å²) >= 11 is 0. The van der Waals surface area contributed by atoms with Crippen molar-refractivity contribution in [1.82, 2.24) is 5.32 Å². The fourth-order valence-corrected chi connectivity index (χ4v) is 2.46.